The van der Waals surface area contributed by atoms with E-state index in [1.807, 2.05) is 6.92 Å². The first-order valence-corrected chi connectivity index (χ1v) is 5.69. The van der Waals surface area contributed by atoms with Gasteiger partial charge in [0.15, 0.2) is 0 Å². The number of nitrogens with two attached hydrogens (primary N) is 1. The van der Waals surface area contributed by atoms with Crippen LogP contribution in [0.2, 0.25) is 0 Å². The third kappa shape index (κ3) is 4.04. The molecule has 5 nitrogen and oxygen atoms in total. The van der Waals surface area contributed by atoms with E-state index in [4.69, 9.17) is 15.3 Å². The fourth-order valence-electron chi connectivity index (χ4n) is 1.77. The largest absolute Gasteiger partial charge is 0.380 e. The summed E-state index contributed by atoms with van der Waals surface area (Å²) in [6.07, 6.45) is 0.134. The van der Waals surface area contributed by atoms with E-state index in [0.717, 1.165) is 26.2 Å². The second kappa shape index (κ2) is 7.14. The average Bonchev–Trinajstić information content (AvgIpc) is 2.30. The van der Waals surface area contributed by atoms with Crippen molar-refractivity contribution in [1.29, 1.82) is 0 Å². The van der Waals surface area contributed by atoms with Crippen LogP contribution in [0.1, 0.15) is 13.8 Å². The Morgan fingerprint density at radius 3 is 3.00 bits per heavy atom. The molecule has 0 saturated carbocycles. The highest BCUT2D eigenvalue weighted by atomic mass is 16.5. The van der Waals surface area contributed by atoms with Crippen LogP contribution in [0.3, 0.4) is 0 Å². The van der Waals surface area contributed by atoms with Crippen molar-refractivity contribution in [3.8, 4) is 0 Å². The average molecular weight is 217 g/mol. The van der Waals surface area contributed by atoms with Gasteiger partial charge in [0, 0.05) is 19.7 Å². The van der Waals surface area contributed by atoms with Gasteiger partial charge in [0.25, 0.3) is 0 Å². The minimum Gasteiger partial charge on any atom is -0.380 e. The molecule has 2 unspecified atom stereocenters. The minimum atomic E-state index is 0.0827. The first kappa shape index (κ1) is 12.9. The summed E-state index contributed by atoms with van der Waals surface area (Å²) in [5, 5.41) is 0. The van der Waals surface area contributed by atoms with Gasteiger partial charge in [0.05, 0.1) is 25.4 Å². The second-order valence-corrected chi connectivity index (χ2v) is 3.74. The Morgan fingerprint density at radius 1 is 1.60 bits per heavy atom. The highest BCUT2D eigenvalue weighted by molar-refractivity contribution is 4.81. The van der Waals surface area contributed by atoms with E-state index < -0.39 is 0 Å². The number of nitrogens with zero attached hydrogens (tertiary/aromatic N) is 1. The van der Waals surface area contributed by atoms with E-state index in [2.05, 4.69) is 17.2 Å². The van der Waals surface area contributed by atoms with Gasteiger partial charge in [-0.1, -0.05) is 6.92 Å². The van der Waals surface area contributed by atoms with Crippen LogP contribution in [-0.4, -0.2) is 56.5 Å². The molecule has 0 amide bonds. The van der Waals surface area contributed by atoms with Crippen molar-refractivity contribution in [1.82, 2.24) is 10.3 Å². The molecule has 1 rings (SSSR count). The molecule has 3 N–H and O–H groups in total. The number of morpholine rings is 1. The lowest BCUT2D eigenvalue weighted by Gasteiger charge is -2.36. The molecule has 0 aromatic rings. The van der Waals surface area contributed by atoms with Crippen LogP contribution in [0.15, 0.2) is 0 Å². The van der Waals surface area contributed by atoms with Gasteiger partial charge in [-0.2, -0.15) is 0 Å². The number of rotatable bonds is 6. The smallest absolute Gasteiger partial charge is 0.0891 e. The number of likely N-dealkylation sites (N-methyl/N-ethyl adjacent to an activating group) is 1. The van der Waals surface area contributed by atoms with Crippen LogP contribution in [0.25, 0.3) is 0 Å². The van der Waals surface area contributed by atoms with Crippen LogP contribution in [0, 0.1) is 0 Å². The maximum absolute atomic E-state index is 5.70. The molecule has 0 bridgehead atoms. The van der Waals surface area contributed by atoms with Crippen molar-refractivity contribution >= 4 is 0 Å². The van der Waals surface area contributed by atoms with E-state index in [-0.39, 0.29) is 12.1 Å². The van der Waals surface area contributed by atoms with Crippen molar-refractivity contribution in [2.75, 3.05) is 39.5 Å². The highest BCUT2D eigenvalue weighted by Crippen LogP contribution is 2.08. The molecular formula is C10H23N3O2. The maximum Gasteiger partial charge on any atom is 0.0891 e. The van der Waals surface area contributed by atoms with E-state index >= 15 is 0 Å². The Kier molecular flexibility index (Phi) is 6.12. The first-order chi connectivity index (χ1) is 7.31. The summed E-state index contributed by atoms with van der Waals surface area (Å²) in [6, 6.07) is 0.0827. The molecule has 0 radical (unpaired) electrons. The maximum atomic E-state index is 5.70. The van der Waals surface area contributed by atoms with E-state index in [1.54, 1.807) is 0 Å². The summed E-state index contributed by atoms with van der Waals surface area (Å²) >= 11 is 0. The summed E-state index contributed by atoms with van der Waals surface area (Å²) in [6.45, 7) is 9.24. The van der Waals surface area contributed by atoms with Crippen LogP contribution in [0.5, 0.6) is 0 Å². The lowest BCUT2D eigenvalue weighted by Crippen LogP contribution is -2.55. The Balaban J connectivity index is 2.37. The fourth-order valence-corrected chi connectivity index (χ4v) is 1.77. The lowest BCUT2D eigenvalue weighted by molar-refractivity contribution is -0.0595. The van der Waals surface area contributed by atoms with Crippen LogP contribution >= 0.6 is 0 Å². The Labute approximate surface area is 91.9 Å². The normalized spacial score (nSPS) is 25.4. The molecular weight excluding hydrogens is 194 g/mol. The number of ether oxygens (including phenoxy) is 2. The summed E-state index contributed by atoms with van der Waals surface area (Å²) in [5.74, 6) is 5.50. The van der Waals surface area contributed by atoms with Crippen LogP contribution in [0.4, 0.5) is 0 Å². The van der Waals surface area contributed by atoms with Gasteiger partial charge in [0.2, 0.25) is 0 Å². The van der Waals surface area contributed by atoms with Crippen molar-refractivity contribution in [3.63, 3.8) is 0 Å². The van der Waals surface area contributed by atoms with Gasteiger partial charge in [-0.25, -0.2) is 0 Å². The summed E-state index contributed by atoms with van der Waals surface area (Å²) in [4.78, 5) is 2.37. The van der Waals surface area contributed by atoms with Crippen molar-refractivity contribution in [2.45, 2.75) is 26.0 Å². The monoisotopic (exact) mass is 217 g/mol. The first-order valence-electron chi connectivity index (χ1n) is 5.69. The number of hydrogen-bond acceptors (Lipinski definition) is 5. The van der Waals surface area contributed by atoms with Crippen molar-refractivity contribution < 1.29 is 9.47 Å². The van der Waals surface area contributed by atoms with Gasteiger partial charge >= 0.3 is 0 Å². The van der Waals surface area contributed by atoms with E-state index in [0.29, 0.717) is 13.2 Å². The molecule has 1 aliphatic rings. The molecule has 2 atom stereocenters. The molecule has 1 saturated heterocycles. The van der Waals surface area contributed by atoms with Crippen molar-refractivity contribution in [3.05, 3.63) is 0 Å². The fraction of sp³-hybridized carbons (Fsp3) is 1.00. The van der Waals surface area contributed by atoms with Crippen molar-refractivity contribution in [2.24, 2.45) is 5.84 Å². The molecule has 1 heterocycles. The van der Waals surface area contributed by atoms with E-state index in [1.165, 1.54) is 0 Å². The Morgan fingerprint density at radius 2 is 2.40 bits per heavy atom. The number of hydrazine groups is 1. The summed E-state index contributed by atoms with van der Waals surface area (Å²) in [5.41, 5.74) is 2.77. The van der Waals surface area contributed by atoms with Gasteiger partial charge in [-0.3, -0.25) is 16.2 Å². The zero-order valence-electron chi connectivity index (χ0n) is 9.74. The summed E-state index contributed by atoms with van der Waals surface area (Å²) in [7, 11) is 0. The number of hydrogen-bond donors (Lipinski definition) is 2. The third-order valence-electron chi connectivity index (χ3n) is 2.79. The zero-order valence-corrected chi connectivity index (χ0v) is 9.74. The lowest BCUT2D eigenvalue weighted by atomic mass is 10.1. The zero-order chi connectivity index (χ0) is 11.1. The van der Waals surface area contributed by atoms with Gasteiger partial charge < -0.3 is 9.47 Å². The second-order valence-electron chi connectivity index (χ2n) is 3.74. The Hall–Kier alpha value is -0.200. The van der Waals surface area contributed by atoms with Crippen LogP contribution < -0.4 is 11.3 Å². The van der Waals surface area contributed by atoms with Crippen LogP contribution in [-0.2, 0) is 9.47 Å². The Bertz CT molecular complexity index is 169. The predicted molar refractivity (Wildman–Crippen MR) is 59.5 cm³/mol. The predicted octanol–water partition coefficient (Wildman–Crippen LogP) is -0.424. The standard InChI is InChI=1S/C10H23N3O2/c1-3-13-5-6-15-10(7-13)9(12-11)8-14-4-2/h9-10,12H,3-8,11H2,1-2H3. The number of nitrogens with one attached hydrogen (secondary N) is 1. The van der Waals surface area contributed by atoms with Gasteiger partial charge in [-0.15, -0.1) is 0 Å². The molecule has 90 valence electrons. The molecule has 1 fully saturated rings. The molecule has 0 aromatic heterocycles. The molecule has 0 spiro atoms. The molecule has 5 heteroatoms. The molecule has 15 heavy (non-hydrogen) atoms. The SMILES string of the molecule is CCOCC(NN)C1CN(CC)CCO1. The highest BCUT2D eigenvalue weighted by Gasteiger charge is 2.26. The minimum absolute atomic E-state index is 0.0827. The molecule has 1 aliphatic heterocycles. The topological polar surface area (TPSA) is 59.8 Å². The molecule has 0 aromatic carbocycles. The third-order valence-corrected chi connectivity index (χ3v) is 2.79. The van der Waals surface area contributed by atoms with Gasteiger partial charge in [0.1, 0.15) is 0 Å². The molecule has 0 aliphatic carbocycles. The quantitative estimate of drug-likeness (QED) is 0.467. The van der Waals surface area contributed by atoms with Gasteiger partial charge in [-0.05, 0) is 13.5 Å². The van der Waals surface area contributed by atoms with E-state index in [9.17, 15) is 0 Å². The summed E-state index contributed by atoms with van der Waals surface area (Å²) < 4.78 is 11.1.